The molecule has 64 valence electrons. The van der Waals surface area contributed by atoms with E-state index in [9.17, 15) is 0 Å². The third-order valence-electron chi connectivity index (χ3n) is 1.80. The molecular formula is C8H15O2U-. The molecule has 11 heavy (non-hydrogen) atoms. The Kier molecular flexibility index (Phi) is 6.08. The molecule has 2 nitrogen and oxygen atoms in total. The molecule has 3 heteroatoms. The molecule has 0 N–H and O–H groups in total. The van der Waals surface area contributed by atoms with Crippen molar-refractivity contribution in [3.63, 3.8) is 0 Å². The summed E-state index contributed by atoms with van der Waals surface area (Å²) < 4.78 is 10.7. The Bertz CT molecular complexity index is 98.3. The van der Waals surface area contributed by atoms with Crippen LogP contribution in [0.1, 0.15) is 20.3 Å². The number of methoxy groups -OCH3 is 1. The fraction of sp³-hybridized carbons (Fsp3) is 0.875. The van der Waals surface area contributed by atoms with E-state index in [1.54, 1.807) is 7.11 Å². The van der Waals surface area contributed by atoms with Gasteiger partial charge in [0.25, 0.3) is 0 Å². The van der Waals surface area contributed by atoms with Crippen LogP contribution in [-0.4, -0.2) is 25.4 Å². The van der Waals surface area contributed by atoms with Gasteiger partial charge >= 0.3 is 0 Å². The summed E-state index contributed by atoms with van der Waals surface area (Å²) in [6.45, 7) is 4.12. The predicted octanol–water partition coefficient (Wildman–Crippen LogP) is 1.40. The molecule has 0 spiro atoms. The summed E-state index contributed by atoms with van der Waals surface area (Å²) in [5.41, 5.74) is 0. The topological polar surface area (TPSA) is 18.5 Å². The van der Waals surface area contributed by atoms with Crippen LogP contribution in [0.2, 0.25) is 0 Å². The van der Waals surface area contributed by atoms with Crippen LogP contribution in [-0.2, 0) is 9.47 Å². The number of rotatable bonds is 1. The van der Waals surface area contributed by atoms with Crippen LogP contribution in [0.15, 0.2) is 0 Å². The van der Waals surface area contributed by atoms with E-state index >= 15 is 0 Å². The molecule has 3 atom stereocenters. The average molecular weight is 381 g/mol. The third kappa shape index (κ3) is 3.94. The minimum atomic E-state index is 0. The molecular weight excluding hydrogens is 366 g/mol. The zero-order chi connectivity index (χ0) is 7.56. The fourth-order valence-electron chi connectivity index (χ4n) is 1.35. The summed E-state index contributed by atoms with van der Waals surface area (Å²) in [6.07, 6.45) is 3.96. The van der Waals surface area contributed by atoms with E-state index in [0.29, 0.717) is 12.2 Å². The summed E-state index contributed by atoms with van der Waals surface area (Å²) in [5.74, 6) is 0. The Morgan fingerprint density at radius 3 is 2.55 bits per heavy atom. The van der Waals surface area contributed by atoms with Crippen molar-refractivity contribution < 1.29 is 40.6 Å². The summed E-state index contributed by atoms with van der Waals surface area (Å²) in [4.78, 5) is 0. The maximum Gasteiger partial charge on any atom is 0.0513 e. The van der Waals surface area contributed by atoms with E-state index in [4.69, 9.17) is 9.47 Å². The first-order chi connectivity index (χ1) is 4.72. The maximum absolute atomic E-state index is 5.48. The summed E-state index contributed by atoms with van der Waals surface area (Å²) >= 11 is 0. The molecule has 1 rings (SSSR count). The maximum atomic E-state index is 5.48. The van der Waals surface area contributed by atoms with Crippen molar-refractivity contribution in [3.05, 3.63) is 6.42 Å². The molecule has 1 saturated heterocycles. The van der Waals surface area contributed by atoms with Gasteiger partial charge in [-0.25, -0.2) is 0 Å². The van der Waals surface area contributed by atoms with Gasteiger partial charge in [0.1, 0.15) is 0 Å². The Balaban J connectivity index is 0.000001000. The van der Waals surface area contributed by atoms with Gasteiger partial charge in [-0.05, 0) is 13.3 Å². The molecule has 1 aliphatic rings. The van der Waals surface area contributed by atoms with Crippen LogP contribution < -0.4 is 0 Å². The first kappa shape index (κ1) is 12.0. The predicted molar refractivity (Wildman–Crippen MR) is 39.7 cm³/mol. The number of hydrogen-bond acceptors (Lipinski definition) is 2. The van der Waals surface area contributed by atoms with Gasteiger partial charge in [0.15, 0.2) is 0 Å². The molecule has 1 fully saturated rings. The second-order valence-electron chi connectivity index (χ2n) is 2.85. The number of hydrogen-bond donors (Lipinski definition) is 0. The van der Waals surface area contributed by atoms with Crippen molar-refractivity contribution in [3.8, 4) is 0 Å². The van der Waals surface area contributed by atoms with Gasteiger partial charge in [0, 0.05) is 38.2 Å². The Morgan fingerprint density at radius 1 is 1.45 bits per heavy atom. The Labute approximate surface area is 92.4 Å². The monoisotopic (exact) mass is 381 g/mol. The summed E-state index contributed by atoms with van der Waals surface area (Å²) in [7, 11) is 1.74. The van der Waals surface area contributed by atoms with Gasteiger partial charge in [-0.3, -0.25) is 6.42 Å². The van der Waals surface area contributed by atoms with Crippen LogP contribution in [0.3, 0.4) is 0 Å². The molecule has 0 aliphatic carbocycles. The molecule has 0 saturated carbocycles. The average Bonchev–Trinajstić information content (AvgIpc) is 1.85. The van der Waals surface area contributed by atoms with Crippen LogP contribution in [0.5, 0.6) is 0 Å². The van der Waals surface area contributed by atoms with Crippen molar-refractivity contribution in [2.75, 3.05) is 7.11 Å². The van der Waals surface area contributed by atoms with Crippen LogP contribution in [0.25, 0.3) is 0 Å². The second kappa shape index (κ2) is 5.59. The minimum Gasteiger partial charge on any atom is -0.413 e. The smallest absolute Gasteiger partial charge is 0.0513 e. The zero-order valence-corrected chi connectivity index (χ0v) is 11.5. The summed E-state index contributed by atoms with van der Waals surface area (Å²) in [5, 5.41) is 0. The van der Waals surface area contributed by atoms with Crippen LogP contribution in [0.4, 0.5) is 0 Å². The van der Waals surface area contributed by atoms with Gasteiger partial charge in [0.2, 0.25) is 0 Å². The van der Waals surface area contributed by atoms with Gasteiger partial charge in [-0.15, -0.1) is 0 Å². The van der Waals surface area contributed by atoms with Gasteiger partial charge < -0.3 is 9.47 Å². The molecule has 0 unspecified atom stereocenters. The van der Waals surface area contributed by atoms with Crippen molar-refractivity contribution >= 4 is 0 Å². The molecule has 0 radical (unpaired) electrons. The third-order valence-corrected chi connectivity index (χ3v) is 1.80. The second-order valence-corrected chi connectivity index (χ2v) is 2.85. The molecule has 0 aromatic carbocycles. The first-order valence-electron chi connectivity index (χ1n) is 3.75. The SMILES string of the molecule is CO[C@@H]1[CH-][C@H](C)O[C@@H](C)C1.[U]. The van der Waals surface area contributed by atoms with Crippen LogP contribution >= 0.6 is 0 Å². The van der Waals surface area contributed by atoms with E-state index in [1.165, 1.54) is 0 Å². The minimum absolute atomic E-state index is 0. The zero-order valence-electron chi connectivity index (χ0n) is 7.33. The van der Waals surface area contributed by atoms with E-state index in [1.807, 2.05) is 6.92 Å². The molecule has 1 aliphatic heterocycles. The summed E-state index contributed by atoms with van der Waals surface area (Å²) in [6, 6.07) is 0. The van der Waals surface area contributed by atoms with E-state index < -0.39 is 0 Å². The van der Waals surface area contributed by atoms with E-state index in [0.717, 1.165) is 6.42 Å². The standard InChI is InChI=1S/C8H15O2.U/c1-6-4-8(9-3)5-7(2)10-6;/h4,6-8H,5H2,1-3H3;/q-1;/t6-,7-,8+;/m0./s1. The normalized spacial score (nSPS) is 37.9. The molecule has 0 bridgehead atoms. The Morgan fingerprint density at radius 2 is 2.09 bits per heavy atom. The molecule has 0 aromatic heterocycles. The Hall–Kier alpha value is 0.972. The number of ether oxygens (including phenoxy) is 2. The first-order valence-corrected chi connectivity index (χ1v) is 3.75. The quantitative estimate of drug-likeness (QED) is 0.640. The van der Waals surface area contributed by atoms with E-state index in [-0.39, 0.29) is 37.2 Å². The molecule has 0 aromatic rings. The molecule has 1 heterocycles. The van der Waals surface area contributed by atoms with Gasteiger partial charge in [-0.2, -0.15) is 0 Å². The van der Waals surface area contributed by atoms with Crippen molar-refractivity contribution in [2.45, 2.75) is 38.6 Å². The van der Waals surface area contributed by atoms with Crippen molar-refractivity contribution in [2.24, 2.45) is 0 Å². The van der Waals surface area contributed by atoms with Crippen molar-refractivity contribution in [1.29, 1.82) is 0 Å². The largest absolute Gasteiger partial charge is 0.413 e. The van der Waals surface area contributed by atoms with E-state index in [2.05, 4.69) is 13.3 Å². The molecule has 0 amide bonds. The van der Waals surface area contributed by atoms with Crippen LogP contribution in [0, 0.1) is 37.5 Å². The van der Waals surface area contributed by atoms with Gasteiger partial charge in [0.05, 0.1) is 6.10 Å². The fourth-order valence-corrected chi connectivity index (χ4v) is 1.35. The van der Waals surface area contributed by atoms with Crippen molar-refractivity contribution in [1.82, 2.24) is 0 Å². The van der Waals surface area contributed by atoms with Gasteiger partial charge in [-0.1, -0.05) is 19.1 Å².